The monoisotopic (exact) mass is 371 g/mol. The standard InChI is InChI=1S/C21H25NO3S/c1-21(2)14-18(17-13-15(24-3)9-10-19(17)25-21)22-20(23)11-12-26-16-7-5-4-6-8-16/h4-10,13,18H,11-12,14H2,1-3H3,(H,22,23)/t18-/m0/s1. The Hall–Kier alpha value is -2.14. The van der Waals surface area contributed by atoms with Crippen molar-refractivity contribution >= 4 is 17.7 Å². The lowest BCUT2D eigenvalue weighted by molar-refractivity contribution is -0.121. The van der Waals surface area contributed by atoms with Gasteiger partial charge in [-0.25, -0.2) is 0 Å². The molecule has 0 radical (unpaired) electrons. The molecule has 0 saturated carbocycles. The van der Waals surface area contributed by atoms with Crippen molar-refractivity contribution in [3.63, 3.8) is 0 Å². The van der Waals surface area contributed by atoms with Crippen molar-refractivity contribution in [1.82, 2.24) is 5.32 Å². The zero-order valence-electron chi connectivity index (χ0n) is 15.5. The summed E-state index contributed by atoms with van der Waals surface area (Å²) in [5, 5.41) is 3.18. The molecule has 0 spiro atoms. The lowest BCUT2D eigenvalue weighted by Crippen LogP contribution is -2.41. The minimum Gasteiger partial charge on any atom is -0.497 e. The number of nitrogens with one attached hydrogen (secondary N) is 1. The van der Waals surface area contributed by atoms with Gasteiger partial charge in [0.05, 0.1) is 13.2 Å². The summed E-state index contributed by atoms with van der Waals surface area (Å²) in [5.41, 5.74) is 0.658. The number of fused-ring (bicyclic) bond motifs is 1. The van der Waals surface area contributed by atoms with E-state index in [0.29, 0.717) is 6.42 Å². The van der Waals surface area contributed by atoms with Crippen LogP contribution in [0.2, 0.25) is 0 Å². The molecule has 0 aromatic heterocycles. The molecule has 0 unspecified atom stereocenters. The van der Waals surface area contributed by atoms with Gasteiger partial charge in [-0.05, 0) is 44.2 Å². The molecule has 5 heteroatoms. The number of carbonyl (C=O) groups excluding carboxylic acids is 1. The SMILES string of the molecule is COc1ccc2c(c1)[C@@H](NC(=O)CCSc1ccccc1)CC(C)(C)O2. The van der Waals surface area contributed by atoms with Crippen LogP contribution < -0.4 is 14.8 Å². The molecule has 0 fully saturated rings. The van der Waals surface area contributed by atoms with Crippen LogP contribution in [0.1, 0.15) is 38.3 Å². The van der Waals surface area contributed by atoms with Crippen LogP contribution in [0.3, 0.4) is 0 Å². The van der Waals surface area contributed by atoms with Crippen LogP contribution >= 0.6 is 11.8 Å². The van der Waals surface area contributed by atoms with Crippen molar-refractivity contribution < 1.29 is 14.3 Å². The largest absolute Gasteiger partial charge is 0.497 e. The molecule has 138 valence electrons. The topological polar surface area (TPSA) is 47.6 Å². The normalized spacial score (nSPS) is 17.7. The maximum absolute atomic E-state index is 12.5. The minimum atomic E-state index is -0.321. The highest BCUT2D eigenvalue weighted by molar-refractivity contribution is 7.99. The van der Waals surface area contributed by atoms with Crippen LogP contribution in [0.15, 0.2) is 53.4 Å². The molecule has 3 rings (SSSR count). The molecule has 2 aromatic carbocycles. The van der Waals surface area contributed by atoms with E-state index in [9.17, 15) is 4.79 Å². The van der Waals surface area contributed by atoms with E-state index in [1.165, 1.54) is 4.90 Å². The Morgan fingerprint density at radius 3 is 2.77 bits per heavy atom. The molecule has 1 amide bonds. The Balaban J connectivity index is 1.63. The van der Waals surface area contributed by atoms with E-state index in [1.54, 1.807) is 18.9 Å². The van der Waals surface area contributed by atoms with Gasteiger partial charge in [0.15, 0.2) is 0 Å². The van der Waals surface area contributed by atoms with E-state index < -0.39 is 0 Å². The highest BCUT2D eigenvalue weighted by Crippen LogP contribution is 2.41. The molecular formula is C21H25NO3S. The fourth-order valence-electron chi connectivity index (χ4n) is 3.13. The summed E-state index contributed by atoms with van der Waals surface area (Å²) in [6, 6.07) is 15.8. The highest BCUT2D eigenvalue weighted by Gasteiger charge is 2.34. The summed E-state index contributed by atoms with van der Waals surface area (Å²) in [6.45, 7) is 4.09. The van der Waals surface area contributed by atoms with Gasteiger partial charge in [0.25, 0.3) is 0 Å². The van der Waals surface area contributed by atoms with Gasteiger partial charge in [0, 0.05) is 29.1 Å². The van der Waals surface area contributed by atoms with Crippen LogP contribution in [-0.4, -0.2) is 24.4 Å². The minimum absolute atomic E-state index is 0.0601. The van der Waals surface area contributed by atoms with Gasteiger partial charge in [0.2, 0.25) is 5.91 Å². The van der Waals surface area contributed by atoms with Crippen molar-refractivity contribution in [3.05, 3.63) is 54.1 Å². The predicted octanol–water partition coefficient (Wildman–Crippen LogP) is 4.60. The van der Waals surface area contributed by atoms with Crippen molar-refractivity contribution in [1.29, 1.82) is 0 Å². The molecular weight excluding hydrogens is 346 g/mol. The third-order valence-corrected chi connectivity index (χ3v) is 5.36. The van der Waals surface area contributed by atoms with Gasteiger partial charge >= 0.3 is 0 Å². The Kier molecular flexibility index (Phi) is 5.77. The number of carbonyl (C=O) groups is 1. The first-order valence-corrected chi connectivity index (χ1v) is 9.79. The molecule has 1 aliphatic rings. The van der Waals surface area contributed by atoms with Crippen molar-refractivity contribution in [2.75, 3.05) is 12.9 Å². The molecule has 1 atom stereocenters. The van der Waals surface area contributed by atoms with E-state index in [2.05, 4.69) is 17.4 Å². The molecule has 4 nitrogen and oxygen atoms in total. The Morgan fingerprint density at radius 1 is 1.27 bits per heavy atom. The second kappa shape index (κ2) is 8.04. The number of thioether (sulfide) groups is 1. The van der Waals surface area contributed by atoms with Crippen LogP contribution in [-0.2, 0) is 4.79 Å². The number of hydrogen-bond acceptors (Lipinski definition) is 4. The second-order valence-corrected chi connectivity index (χ2v) is 8.17. The zero-order valence-corrected chi connectivity index (χ0v) is 16.3. The highest BCUT2D eigenvalue weighted by atomic mass is 32.2. The Bertz CT molecular complexity index is 761. The summed E-state index contributed by atoms with van der Waals surface area (Å²) in [4.78, 5) is 13.7. The number of methoxy groups -OCH3 is 1. The average molecular weight is 372 g/mol. The fourth-order valence-corrected chi connectivity index (χ4v) is 4.01. The molecule has 1 heterocycles. The molecule has 2 aromatic rings. The van der Waals surface area contributed by atoms with Crippen molar-refractivity contribution in [2.24, 2.45) is 0 Å². The zero-order chi connectivity index (χ0) is 18.6. The van der Waals surface area contributed by atoms with Crippen LogP contribution in [0.4, 0.5) is 0 Å². The maximum Gasteiger partial charge on any atom is 0.221 e. The van der Waals surface area contributed by atoms with Gasteiger partial charge < -0.3 is 14.8 Å². The molecule has 1 N–H and O–H groups in total. The summed E-state index contributed by atoms with van der Waals surface area (Å²) < 4.78 is 11.4. The van der Waals surface area contributed by atoms with E-state index in [4.69, 9.17) is 9.47 Å². The first kappa shape index (κ1) is 18.6. The molecule has 1 aliphatic heterocycles. The van der Waals surface area contributed by atoms with Crippen LogP contribution in [0.25, 0.3) is 0 Å². The number of benzene rings is 2. The van der Waals surface area contributed by atoms with Gasteiger partial charge in [0.1, 0.15) is 17.1 Å². The number of hydrogen-bond donors (Lipinski definition) is 1. The summed E-state index contributed by atoms with van der Waals surface area (Å²) in [7, 11) is 1.64. The molecule has 0 saturated heterocycles. The lowest BCUT2D eigenvalue weighted by Gasteiger charge is -2.38. The third kappa shape index (κ3) is 4.73. The van der Waals surface area contributed by atoms with E-state index >= 15 is 0 Å². The Labute approximate surface area is 159 Å². The van der Waals surface area contributed by atoms with Gasteiger partial charge in [-0.15, -0.1) is 11.8 Å². The summed E-state index contributed by atoms with van der Waals surface area (Å²) in [5.74, 6) is 2.40. The molecule has 0 aliphatic carbocycles. The summed E-state index contributed by atoms with van der Waals surface area (Å²) >= 11 is 1.70. The molecule has 26 heavy (non-hydrogen) atoms. The van der Waals surface area contributed by atoms with Crippen LogP contribution in [0, 0.1) is 0 Å². The first-order chi connectivity index (χ1) is 12.5. The van der Waals surface area contributed by atoms with E-state index in [-0.39, 0.29) is 17.6 Å². The number of ether oxygens (including phenoxy) is 2. The van der Waals surface area contributed by atoms with Gasteiger partial charge in [-0.3, -0.25) is 4.79 Å². The third-order valence-electron chi connectivity index (χ3n) is 4.35. The van der Waals surface area contributed by atoms with Crippen molar-refractivity contribution in [3.8, 4) is 11.5 Å². The van der Waals surface area contributed by atoms with Crippen LogP contribution in [0.5, 0.6) is 11.5 Å². The van der Waals surface area contributed by atoms with E-state index in [1.807, 2.05) is 50.2 Å². The lowest BCUT2D eigenvalue weighted by atomic mass is 9.89. The Morgan fingerprint density at radius 2 is 2.04 bits per heavy atom. The molecule has 0 bridgehead atoms. The average Bonchev–Trinajstić information content (AvgIpc) is 2.61. The second-order valence-electron chi connectivity index (χ2n) is 7.00. The maximum atomic E-state index is 12.5. The van der Waals surface area contributed by atoms with Gasteiger partial charge in [-0.2, -0.15) is 0 Å². The quantitative estimate of drug-likeness (QED) is 0.754. The number of rotatable bonds is 6. The number of amides is 1. The van der Waals surface area contributed by atoms with Crippen molar-refractivity contribution in [2.45, 2.75) is 43.2 Å². The fraction of sp³-hybridized carbons (Fsp3) is 0.381. The first-order valence-electron chi connectivity index (χ1n) is 8.81. The van der Waals surface area contributed by atoms with E-state index in [0.717, 1.165) is 29.2 Å². The van der Waals surface area contributed by atoms with Gasteiger partial charge in [-0.1, -0.05) is 18.2 Å². The summed E-state index contributed by atoms with van der Waals surface area (Å²) in [6.07, 6.45) is 1.21. The predicted molar refractivity (Wildman–Crippen MR) is 105 cm³/mol. The smallest absolute Gasteiger partial charge is 0.221 e.